The van der Waals surface area contributed by atoms with Gasteiger partial charge in [0.1, 0.15) is 0 Å². The second-order valence-electron chi connectivity index (χ2n) is 4.42. The van der Waals surface area contributed by atoms with Gasteiger partial charge in [-0.3, -0.25) is 0 Å². The van der Waals surface area contributed by atoms with Crippen molar-refractivity contribution >= 4 is 0 Å². The molecule has 2 unspecified atom stereocenters. The van der Waals surface area contributed by atoms with Crippen molar-refractivity contribution in [1.29, 1.82) is 0 Å². The van der Waals surface area contributed by atoms with E-state index in [0.717, 1.165) is 19.6 Å². The second kappa shape index (κ2) is 5.80. The van der Waals surface area contributed by atoms with Crippen LogP contribution in [0.2, 0.25) is 0 Å². The molecule has 0 aromatic rings. The predicted octanol–water partition coefficient (Wildman–Crippen LogP) is 1.15. The van der Waals surface area contributed by atoms with Crippen LogP contribution in [0.5, 0.6) is 0 Å². The van der Waals surface area contributed by atoms with Crippen LogP contribution in [0.4, 0.5) is 0 Å². The van der Waals surface area contributed by atoms with E-state index in [0.29, 0.717) is 12.6 Å². The summed E-state index contributed by atoms with van der Waals surface area (Å²) < 4.78 is 16.3. The van der Waals surface area contributed by atoms with E-state index in [1.807, 2.05) is 13.8 Å². The Morgan fingerprint density at radius 3 is 2.73 bits per heavy atom. The molecule has 15 heavy (non-hydrogen) atoms. The third-order valence-corrected chi connectivity index (χ3v) is 2.56. The molecule has 0 radical (unpaired) electrons. The van der Waals surface area contributed by atoms with E-state index in [4.69, 9.17) is 14.2 Å². The van der Waals surface area contributed by atoms with Crippen LogP contribution in [0, 0.1) is 0 Å². The van der Waals surface area contributed by atoms with Gasteiger partial charge in [0, 0.05) is 19.7 Å². The molecule has 0 saturated carbocycles. The fraction of sp³-hybridized carbons (Fsp3) is 1.00. The van der Waals surface area contributed by atoms with E-state index in [1.54, 1.807) is 7.11 Å². The number of hydrogen-bond acceptors (Lipinski definition) is 4. The molecule has 0 aliphatic carbocycles. The summed E-state index contributed by atoms with van der Waals surface area (Å²) in [5, 5.41) is 3.42. The van der Waals surface area contributed by atoms with E-state index in [1.165, 1.54) is 0 Å². The lowest BCUT2D eigenvalue weighted by Crippen LogP contribution is -2.39. The average molecular weight is 217 g/mol. The summed E-state index contributed by atoms with van der Waals surface area (Å²) in [6.45, 7) is 8.27. The topological polar surface area (TPSA) is 39.7 Å². The Morgan fingerprint density at radius 2 is 2.27 bits per heavy atom. The van der Waals surface area contributed by atoms with Crippen molar-refractivity contribution in [3.05, 3.63) is 0 Å². The Bertz CT molecular complexity index is 185. The van der Waals surface area contributed by atoms with Crippen LogP contribution in [0.15, 0.2) is 0 Å². The molecule has 4 heteroatoms. The first-order valence-corrected chi connectivity index (χ1v) is 5.61. The summed E-state index contributed by atoms with van der Waals surface area (Å²) >= 11 is 0. The van der Waals surface area contributed by atoms with Crippen LogP contribution < -0.4 is 5.32 Å². The van der Waals surface area contributed by atoms with Gasteiger partial charge in [-0.2, -0.15) is 0 Å². The molecule has 0 aromatic heterocycles. The standard InChI is InChI=1S/C11H23NO3/c1-5-9(7-13-4)12-6-10-8-14-11(2,3)15-10/h9-10,12H,5-8H2,1-4H3. The van der Waals surface area contributed by atoms with Crippen molar-refractivity contribution in [3.63, 3.8) is 0 Å². The molecule has 1 fully saturated rings. The summed E-state index contributed by atoms with van der Waals surface area (Å²) in [5.74, 6) is -0.421. The minimum absolute atomic E-state index is 0.158. The molecule has 0 aromatic carbocycles. The van der Waals surface area contributed by atoms with Crippen molar-refractivity contribution < 1.29 is 14.2 Å². The Hall–Kier alpha value is -0.160. The number of methoxy groups -OCH3 is 1. The average Bonchev–Trinajstić information content (AvgIpc) is 2.53. The maximum absolute atomic E-state index is 5.70. The van der Waals surface area contributed by atoms with Gasteiger partial charge in [-0.25, -0.2) is 0 Å². The predicted molar refractivity (Wildman–Crippen MR) is 58.9 cm³/mol. The lowest BCUT2D eigenvalue weighted by atomic mass is 10.2. The minimum atomic E-state index is -0.421. The lowest BCUT2D eigenvalue weighted by molar-refractivity contribution is -0.138. The molecule has 4 nitrogen and oxygen atoms in total. The van der Waals surface area contributed by atoms with Crippen molar-refractivity contribution in [1.82, 2.24) is 5.32 Å². The third-order valence-electron chi connectivity index (χ3n) is 2.56. The van der Waals surface area contributed by atoms with E-state index in [2.05, 4.69) is 12.2 Å². The first-order valence-electron chi connectivity index (χ1n) is 5.61. The summed E-state index contributed by atoms with van der Waals surface area (Å²) in [7, 11) is 1.72. The van der Waals surface area contributed by atoms with Gasteiger partial charge in [0.25, 0.3) is 0 Å². The lowest BCUT2D eigenvalue weighted by Gasteiger charge is -2.20. The normalized spacial score (nSPS) is 26.8. The van der Waals surface area contributed by atoms with Gasteiger partial charge < -0.3 is 19.5 Å². The number of hydrogen-bond donors (Lipinski definition) is 1. The van der Waals surface area contributed by atoms with Gasteiger partial charge >= 0.3 is 0 Å². The second-order valence-corrected chi connectivity index (χ2v) is 4.42. The maximum Gasteiger partial charge on any atom is 0.163 e. The maximum atomic E-state index is 5.70. The molecule has 1 N–H and O–H groups in total. The SMILES string of the molecule is CCC(COC)NCC1COC(C)(C)O1. The van der Waals surface area contributed by atoms with Crippen LogP contribution in [-0.2, 0) is 14.2 Å². The van der Waals surface area contributed by atoms with Crippen molar-refractivity contribution in [3.8, 4) is 0 Å². The van der Waals surface area contributed by atoms with Gasteiger partial charge in [0.15, 0.2) is 5.79 Å². The van der Waals surface area contributed by atoms with Gasteiger partial charge in [-0.15, -0.1) is 0 Å². The van der Waals surface area contributed by atoms with Gasteiger partial charge in [0.2, 0.25) is 0 Å². The van der Waals surface area contributed by atoms with E-state index >= 15 is 0 Å². The molecule has 90 valence electrons. The molecule has 0 bridgehead atoms. The Kier molecular flexibility index (Phi) is 4.99. The molecule has 1 saturated heterocycles. The molecule has 1 aliphatic rings. The van der Waals surface area contributed by atoms with Crippen molar-refractivity contribution in [2.75, 3.05) is 26.9 Å². The van der Waals surface area contributed by atoms with Crippen LogP contribution in [-0.4, -0.2) is 44.8 Å². The zero-order chi connectivity index (χ0) is 11.3. The summed E-state index contributed by atoms with van der Waals surface area (Å²) in [6, 6.07) is 0.405. The van der Waals surface area contributed by atoms with E-state index in [-0.39, 0.29) is 6.10 Å². The number of rotatable bonds is 6. The van der Waals surface area contributed by atoms with Crippen LogP contribution in [0.25, 0.3) is 0 Å². The first kappa shape index (κ1) is 12.9. The quantitative estimate of drug-likeness (QED) is 0.724. The van der Waals surface area contributed by atoms with Crippen LogP contribution in [0.1, 0.15) is 27.2 Å². The largest absolute Gasteiger partial charge is 0.383 e. The van der Waals surface area contributed by atoms with Gasteiger partial charge in [0.05, 0.1) is 19.3 Å². The molecular formula is C11H23NO3. The summed E-state index contributed by atoms with van der Waals surface area (Å²) in [5.41, 5.74) is 0. The van der Waals surface area contributed by atoms with E-state index < -0.39 is 5.79 Å². The molecular weight excluding hydrogens is 194 g/mol. The van der Waals surface area contributed by atoms with Gasteiger partial charge in [-0.05, 0) is 20.3 Å². The molecule has 1 rings (SSSR count). The highest BCUT2D eigenvalue weighted by atomic mass is 16.7. The molecule has 0 amide bonds. The van der Waals surface area contributed by atoms with E-state index in [9.17, 15) is 0 Å². The molecule has 1 heterocycles. The fourth-order valence-electron chi connectivity index (χ4n) is 1.68. The Labute approximate surface area is 92.3 Å². The van der Waals surface area contributed by atoms with Gasteiger partial charge in [-0.1, -0.05) is 6.92 Å². The monoisotopic (exact) mass is 217 g/mol. The molecule has 0 spiro atoms. The summed E-state index contributed by atoms with van der Waals surface area (Å²) in [4.78, 5) is 0. The highest BCUT2D eigenvalue weighted by molar-refractivity contribution is 4.75. The van der Waals surface area contributed by atoms with Crippen molar-refractivity contribution in [2.45, 2.75) is 45.1 Å². The minimum Gasteiger partial charge on any atom is -0.383 e. The van der Waals surface area contributed by atoms with Crippen molar-refractivity contribution in [2.24, 2.45) is 0 Å². The number of ether oxygens (including phenoxy) is 3. The Morgan fingerprint density at radius 1 is 1.53 bits per heavy atom. The fourth-order valence-corrected chi connectivity index (χ4v) is 1.68. The highest BCUT2D eigenvalue weighted by Gasteiger charge is 2.32. The highest BCUT2D eigenvalue weighted by Crippen LogP contribution is 2.21. The van der Waals surface area contributed by atoms with Crippen LogP contribution in [0.3, 0.4) is 0 Å². The molecule has 2 atom stereocenters. The summed E-state index contributed by atoms with van der Waals surface area (Å²) in [6.07, 6.45) is 1.22. The zero-order valence-electron chi connectivity index (χ0n) is 10.2. The smallest absolute Gasteiger partial charge is 0.163 e. The third kappa shape index (κ3) is 4.47. The zero-order valence-corrected chi connectivity index (χ0v) is 10.2. The first-order chi connectivity index (χ1) is 7.07. The number of nitrogens with one attached hydrogen (secondary N) is 1. The molecule has 1 aliphatic heterocycles. The van der Waals surface area contributed by atoms with Crippen LogP contribution >= 0.6 is 0 Å². The Balaban J connectivity index is 2.19.